The van der Waals surface area contributed by atoms with Crippen LogP contribution in [0.4, 0.5) is 0 Å². The van der Waals surface area contributed by atoms with Crippen molar-refractivity contribution in [3.63, 3.8) is 0 Å². The highest BCUT2D eigenvalue weighted by molar-refractivity contribution is 5.92. The van der Waals surface area contributed by atoms with Gasteiger partial charge in [-0.2, -0.15) is 0 Å². The molecule has 2 aromatic rings. The van der Waals surface area contributed by atoms with Gasteiger partial charge < -0.3 is 10.1 Å². The summed E-state index contributed by atoms with van der Waals surface area (Å²) in [7, 11) is 0. The lowest BCUT2D eigenvalue weighted by Gasteiger charge is -1.95. The Labute approximate surface area is 130 Å². The molecule has 0 bridgehead atoms. The standard InChI is InChI=1S/C14H18N2O2.2ClH/c1-2-3-4-5-6-13-15-11-8-7-10(14(17)18)9-12(11)16-13;;/h7-9H,2-6H2,1H3,(H,15,16)(H,17,18);2*1H. The van der Waals surface area contributed by atoms with E-state index in [2.05, 4.69) is 16.9 Å². The Morgan fingerprint density at radius 2 is 2.00 bits per heavy atom. The molecule has 0 radical (unpaired) electrons. The number of benzene rings is 1. The summed E-state index contributed by atoms with van der Waals surface area (Å²) in [6.45, 7) is 2.19. The minimum absolute atomic E-state index is 0. The zero-order chi connectivity index (χ0) is 13.0. The number of nitrogens with one attached hydrogen (secondary N) is 1. The molecular formula is C14H20Cl2N2O2. The summed E-state index contributed by atoms with van der Waals surface area (Å²) in [5, 5.41) is 8.92. The molecule has 112 valence electrons. The third kappa shape index (κ3) is 4.69. The summed E-state index contributed by atoms with van der Waals surface area (Å²) in [6.07, 6.45) is 5.75. The number of fused-ring (bicyclic) bond motifs is 1. The number of aromatic carboxylic acids is 1. The summed E-state index contributed by atoms with van der Waals surface area (Å²) in [5.74, 6) is 0.0413. The number of hydrogen-bond acceptors (Lipinski definition) is 2. The van der Waals surface area contributed by atoms with E-state index in [1.54, 1.807) is 18.2 Å². The van der Waals surface area contributed by atoms with Crippen molar-refractivity contribution in [2.45, 2.75) is 39.0 Å². The molecule has 2 N–H and O–H groups in total. The van der Waals surface area contributed by atoms with Gasteiger partial charge in [0.25, 0.3) is 0 Å². The van der Waals surface area contributed by atoms with Crippen LogP contribution in [-0.2, 0) is 6.42 Å². The van der Waals surface area contributed by atoms with Crippen LogP contribution in [0.25, 0.3) is 11.0 Å². The lowest BCUT2D eigenvalue weighted by Crippen LogP contribution is -1.94. The first-order valence-corrected chi connectivity index (χ1v) is 6.42. The van der Waals surface area contributed by atoms with E-state index in [4.69, 9.17) is 5.11 Å². The molecule has 0 aliphatic rings. The number of aromatic nitrogens is 2. The number of H-pyrrole nitrogens is 1. The van der Waals surface area contributed by atoms with Crippen LogP contribution in [-0.4, -0.2) is 21.0 Å². The smallest absolute Gasteiger partial charge is 0.335 e. The molecule has 0 spiro atoms. The van der Waals surface area contributed by atoms with Crippen LogP contribution in [0.5, 0.6) is 0 Å². The van der Waals surface area contributed by atoms with E-state index in [1.165, 1.54) is 19.3 Å². The average molecular weight is 319 g/mol. The number of hydrogen-bond donors (Lipinski definition) is 2. The first-order chi connectivity index (χ1) is 8.70. The first kappa shape index (κ1) is 18.7. The number of nitrogens with zero attached hydrogens (tertiary/aromatic N) is 1. The van der Waals surface area contributed by atoms with E-state index in [-0.39, 0.29) is 24.8 Å². The Hall–Kier alpha value is -1.26. The van der Waals surface area contributed by atoms with Crippen molar-refractivity contribution >= 4 is 41.8 Å². The Morgan fingerprint density at radius 1 is 1.25 bits per heavy atom. The van der Waals surface area contributed by atoms with Crippen molar-refractivity contribution in [2.75, 3.05) is 0 Å². The molecule has 0 fully saturated rings. The van der Waals surface area contributed by atoms with Crippen molar-refractivity contribution in [2.24, 2.45) is 0 Å². The van der Waals surface area contributed by atoms with Gasteiger partial charge in [-0.25, -0.2) is 9.78 Å². The molecule has 0 aliphatic heterocycles. The minimum Gasteiger partial charge on any atom is -0.478 e. The highest BCUT2D eigenvalue weighted by Crippen LogP contribution is 2.15. The number of unbranched alkanes of at least 4 members (excludes halogenated alkanes) is 3. The van der Waals surface area contributed by atoms with Crippen LogP contribution in [0.1, 0.15) is 48.8 Å². The molecule has 2 rings (SSSR count). The van der Waals surface area contributed by atoms with E-state index in [0.29, 0.717) is 5.56 Å². The Kier molecular flexibility index (Phi) is 8.26. The molecule has 4 nitrogen and oxygen atoms in total. The normalized spacial score (nSPS) is 9.85. The molecule has 0 saturated heterocycles. The van der Waals surface area contributed by atoms with Gasteiger partial charge in [-0.3, -0.25) is 0 Å². The number of imidazole rings is 1. The second-order valence-electron chi connectivity index (χ2n) is 4.53. The van der Waals surface area contributed by atoms with Gasteiger partial charge in [-0.05, 0) is 24.6 Å². The van der Waals surface area contributed by atoms with Crippen molar-refractivity contribution in [3.8, 4) is 0 Å². The van der Waals surface area contributed by atoms with Crippen LogP contribution in [0.2, 0.25) is 0 Å². The van der Waals surface area contributed by atoms with Gasteiger partial charge in [0.05, 0.1) is 16.6 Å². The number of rotatable bonds is 6. The average Bonchev–Trinajstić information content (AvgIpc) is 2.76. The van der Waals surface area contributed by atoms with E-state index in [0.717, 1.165) is 29.7 Å². The van der Waals surface area contributed by atoms with E-state index >= 15 is 0 Å². The maximum Gasteiger partial charge on any atom is 0.335 e. The van der Waals surface area contributed by atoms with Crippen LogP contribution in [0, 0.1) is 0 Å². The quantitative estimate of drug-likeness (QED) is 0.783. The largest absolute Gasteiger partial charge is 0.478 e. The second kappa shape index (κ2) is 8.82. The molecule has 0 saturated carbocycles. The maximum atomic E-state index is 10.9. The summed E-state index contributed by atoms with van der Waals surface area (Å²) < 4.78 is 0. The Balaban J connectivity index is 0.00000180. The van der Waals surface area contributed by atoms with Crippen molar-refractivity contribution < 1.29 is 9.90 Å². The molecule has 6 heteroatoms. The number of aryl methyl sites for hydroxylation is 1. The van der Waals surface area contributed by atoms with E-state index < -0.39 is 5.97 Å². The third-order valence-corrected chi connectivity index (χ3v) is 3.05. The van der Waals surface area contributed by atoms with Crippen molar-refractivity contribution in [1.82, 2.24) is 9.97 Å². The number of halogens is 2. The van der Waals surface area contributed by atoms with Gasteiger partial charge in [0, 0.05) is 6.42 Å². The molecule has 0 aliphatic carbocycles. The fraction of sp³-hybridized carbons (Fsp3) is 0.429. The molecular weight excluding hydrogens is 299 g/mol. The number of aromatic amines is 1. The van der Waals surface area contributed by atoms with Crippen LogP contribution in [0.15, 0.2) is 18.2 Å². The molecule has 0 atom stereocenters. The van der Waals surface area contributed by atoms with Gasteiger partial charge in [-0.15, -0.1) is 24.8 Å². The maximum absolute atomic E-state index is 10.9. The zero-order valence-corrected chi connectivity index (χ0v) is 13.0. The van der Waals surface area contributed by atoms with Crippen LogP contribution < -0.4 is 0 Å². The highest BCUT2D eigenvalue weighted by atomic mass is 35.5. The number of carboxylic acid groups (broad SMARTS) is 1. The van der Waals surface area contributed by atoms with Crippen LogP contribution >= 0.6 is 24.8 Å². The minimum atomic E-state index is -0.906. The molecule has 1 aromatic carbocycles. The SMILES string of the molecule is CCCCCCc1nc2ccc(C(=O)O)cc2[nH]1.Cl.Cl. The monoisotopic (exact) mass is 318 g/mol. The fourth-order valence-corrected chi connectivity index (χ4v) is 2.03. The number of carbonyl (C=O) groups is 1. The second-order valence-corrected chi connectivity index (χ2v) is 4.53. The van der Waals surface area contributed by atoms with E-state index in [9.17, 15) is 4.79 Å². The lowest BCUT2D eigenvalue weighted by atomic mass is 10.1. The van der Waals surface area contributed by atoms with Gasteiger partial charge in [-0.1, -0.05) is 26.2 Å². The molecule has 20 heavy (non-hydrogen) atoms. The molecule has 1 heterocycles. The fourth-order valence-electron chi connectivity index (χ4n) is 2.03. The van der Waals surface area contributed by atoms with Gasteiger partial charge in [0.15, 0.2) is 0 Å². The molecule has 0 unspecified atom stereocenters. The van der Waals surface area contributed by atoms with E-state index in [1.807, 2.05) is 0 Å². The van der Waals surface area contributed by atoms with Gasteiger partial charge in [0.2, 0.25) is 0 Å². The Morgan fingerprint density at radius 3 is 2.65 bits per heavy atom. The third-order valence-electron chi connectivity index (χ3n) is 3.05. The summed E-state index contributed by atoms with van der Waals surface area (Å²) in [5.41, 5.74) is 1.94. The predicted octanol–water partition coefficient (Wildman–Crippen LogP) is 4.23. The Bertz CT molecular complexity index is 555. The summed E-state index contributed by atoms with van der Waals surface area (Å²) in [4.78, 5) is 18.5. The molecule has 0 amide bonds. The van der Waals surface area contributed by atoms with Gasteiger partial charge in [0.1, 0.15) is 5.82 Å². The first-order valence-electron chi connectivity index (χ1n) is 6.42. The topological polar surface area (TPSA) is 66.0 Å². The zero-order valence-electron chi connectivity index (χ0n) is 11.4. The lowest BCUT2D eigenvalue weighted by molar-refractivity contribution is 0.0697. The number of carboxylic acids is 1. The van der Waals surface area contributed by atoms with Crippen LogP contribution in [0.3, 0.4) is 0 Å². The highest BCUT2D eigenvalue weighted by Gasteiger charge is 2.07. The predicted molar refractivity (Wildman–Crippen MR) is 85.4 cm³/mol. The molecule has 1 aromatic heterocycles. The van der Waals surface area contributed by atoms with Crippen molar-refractivity contribution in [1.29, 1.82) is 0 Å². The summed E-state index contributed by atoms with van der Waals surface area (Å²) >= 11 is 0. The summed E-state index contributed by atoms with van der Waals surface area (Å²) in [6, 6.07) is 4.98. The van der Waals surface area contributed by atoms with Gasteiger partial charge >= 0.3 is 5.97 Å². The van der Waals surface area contributed by atoms with Crippen molar-refractivity contribution in [3.05, 3.63) is 29.6 Å².